The van der Waals surface area contributed by atoms with E-state index in [1.807, 2.05) is 24.6 Å². The van der Waals surface area contributed by atoms with Crippen LogP contribution in [-0.4, -0.2) is 23.6 Å². The predicted octanol–water partition coefficient (Wildman–Crippen LogP) is 1.76. The number of azide groups is 1. The summed E-state index contributed by atoms with van der Waals surface area (Å²) in [6.45, 7) is 2.86. The molecular weight excluding hydrogens is 206 g/mol. The van der Waals surface area contributed by atoms with E-state index in [2.05, 4.69) is 15.3 Å². The molecule has 1 amide bonds. The van der Waals surface area contributed by atoms with Gasteiger partial charge in [-0.15, -0.1) is 0 Å². The number of amides is 1. The van der Waals surface area contributed by atoms with Crippen molar-refractivity contribution in [1.29, 1.82) is 0 Å². The molecule has 1 heterocycles. The molecule has 86 valence electrons. The lowest BCUT2D eigenvalue weighted by Crippen LogP contribution is -2.26. The van der Waals surface area contributed by atoms with E-state index in [4.69, 9.17) is 5.53 Å². The Balaban J connectivity index is 2.41. The second-order valence-corrected chi connectivity index (χ2v) is 3.48. The highest BCUT2D eigenvalue weighted by molar-refractivity contribution is 5.92. The summed E-state index contributed by atoms with van der Waals surface area (Å²) >= 11 is 0. The molecule has 1 aromatic rings. The van der Waals surface area contributed by atoms with Gasteiger partial charge in [-0.3, -0.25) is 4.79 Å². The fraction of sp³-hybridized carbons (Fsp3) is 0.500. The number of aromatic nitrogens is 1. The standard InChI is InChI=1S/C10H15N5O/c1-8-4-5-9(15(8)2)10(16)12-6-3-7-13-14-11/h4-5H,3,6-7H2,1-2H3,(H,12,16). The van der Waals surface area contributed by atoms with E-state index in [1.54, 1.807) is 6.07 Å². The van der Waals surface area contributed by atoms with Crippen LogP contribution in [0.1, 0.15) is 22.6 Å². The minimum atomic E-state index is -0.100. The van der Waals surface area contributed by atoms with Crippen molar-refractivity contribution in [3.8, 4) is 0 Å². The average molecular weight is 221 g/mol. The SMILES string of the molecule is Cc1ccc(C(=O)NCCCN=[N+]=[N-])n1C. The number of carbonyl (C=O) groups is 1. The molecule has 1 rings (SSSR count). The van der Waals surface area contributed by atoms with Gasteiger partial charge in [-0.1, -0.05) is 5.11 Å². The maximum absolute atomic E-state index is 11.7. The average Bonchev–Trinajstić information content (AvgIpc) is 2.59. The van der Waals surface area contributed by atoms with Gasteiger partial charge in [0.15, 0.2) is 0 Å². The zero-order valence-electron chi connectivity index (χ0n) is 9.47. The highest BCUT2D eigenvalue weighted by atomic mass is 16.1. The highest BCUT2D eigenvalue weighted by Crippen LogP contribution is 2.05. The van der Waals surface area contributed by atoms with Gasteiger partial charge >= 0.3 is 0 Å². The van der Waals surface area contributed by atoms with Crippen LogP contribution in [0.3, 0.4) is 0 Å². The van der Waals surface area contributed by atoms with Crippen LogP contribution in [-0.2, 0) is 7.05 Å². The summed E-state index contributed by atoms with van der Waals surface area (Å²) in [5, 5.41) is 6.16. The molecule has 6 nitrogen and oxygen atoms in total. The van der Waals surface area contributed by atoms with Gasteiger partial charge in [-0.05, 0) is 31.0 Å². The molecule has 0 unspecified atom stereocenters. The third-order valence-corrected chi connectivity index (χ3v) is 2.39. The molecule has 16 heavy (non-hydrogen) atoms. The summed E-state index contributed by atoms with van der Waals surface area (Å²) in [5.74, 6) is -0.100. The van der Waals surface area contributed by atoms with Crippen molar-refractivity contribution in [2.45, 2.75) is 13.3 Å². The molecule has 1 N–H and O–H groups in total. The van der Waals surface area contributed by atoms with Crippen LogP contribution in [0.5, 0.6) is 0 Å². The van der Waals surface area contributed by atoms with E-state index in [0.717, 1.165) is 5.69 Å². The Kier molecular flexibility index (Phi) is 4.42. The van der Waals surface area contributed by atoms with Crippen LogP contribution >= 0.6 is 0 Å². The third-order valence-electron chi connectivity index (χ3n) is 2.39. The predicted molar refractivity (Wildman–Crippen MR) is 61.1 cm³/mol. The fourth-order valence-electron chi connectivity index (χ4n) is 1.33. The summed E-state index contributed by atoms with van der Waals surface area (Å²) in [5.41, 5.74) is 9.74. The number of nitrogens with zero attached hydrogens (tertiary/aromatic N) is 4. The van der Waals surface area contributed by atoms with Gasteiger partial charge in [0, 0.05) is 30.7 Å². The van der Waals surface area contributed by atoms with Crippen molar-refractivity contribution in [3.63, 3.8) is 0 Å². The molecule has 0 saturated heterocycles. The quantitative estimate of drug-likeness (QED) is 0.349. The van der Waals surface area contributed by atoms with Crippen LogP contribution in [0, 0.1) is 6.92 Å². The molecule has 6 heteroatoms. The number of rotatable bonds is 5. The summed E-state index contributed by atoms with van der Waals surface area (Å²) < 4.78 is 1.84. The van der Waals surface area contributed by atoms with Gasteiger partial charge in [0.1, 0.15) is 5.69 Å². The molecule has 0 spiro atoms. The molecule has 0 fully saturated rings. The minimum absolute atomic E-state index is 0.100. The fourth-order valence-corrected chi connectivity index (χ4v) is 1.33. The van der Waals surface area contributed by atoms with E-state index in [-0.39, 0.29) is 5.91 Å². The number of hydrogen-bond donors (Lipinski definition) is 1. The Morgan fingerprint density at radius 1 is 1.62 bits per heavy atom. The number of aryl methyl sites for hydroxylation is 1. The zero-order chi connectivity index (χ0) is 12.0. The van der Waals surface area contributed by atoms with E-state index >= 15 is 0 Å². The van der Waals surface area contributed by atoms with Crippen molar-refractivity contribution in [2.24, 2.45) is 12.2 Å². The van der Waals surface area contributed by atoms with Gasteiger partial charge in [-0.2, -0.15) is 0 Å². The minimum Gasteiger partial charge on any atom is -0.351 e. The zero-order valence-corrected chi connectivity index (χ0v) is 9.47. The Morgan fingerprint density at radius 2 is 2.38 bits per heavy atom. The first kappa shape index (κ1) is 12.1. The lowest BCUT2D eigenvalue weighted by Gasteiger charge is -2.06. The maximum atomic E-state index is 11.7. The summed E-state index contributed by atoms with van der Waals surface area (Å²) in [6, 6.07) is 3.69. The van der Waals surface area contributed by atoms with Crippen molar-refractivity contribution in [2.75, 3.05) is 13.1 Å². The Hall–Kier alpha value is -1.94. The molecule has 0 bridgehead atoms. The highest BCUT2D eigenvalue weighted by Gasteiger charge is 2.09. The number of carbonyl (C=O) groups excluding carboxylic acids is 1. The maximum Gasteiger partial charge on any atom is 0.267 e. The van der Waals surface area contributed by atoms with E-state index in [9.17, 15) is 4.79 Å². The largest absolute Gasteiger partial charge is 0.351 e. The number of hydrogen-bond acceptors (Lipinski definition) is 2. The van der Waals surface area contributed by atoms with Crippen LogP contribution < -0.4 is 5.32 Å². The monoisotopic (exact) mass is 221 g/mol. The molecule has 0 aliphatic rings. The summed E-state index contributed by atoms with van der Waals surface area (Å²) in [7, 11) is 1.85. The first-order chi connectivity index (χ1) is 7.66. The van der Waals surface area contributed by atoms with Gasteiger partial charge in [0.25, 0.3) is 5.91 Å². The van der Waals surface area contributed by atoms with Gasteiger partial charge < -0.3 is 9.88 Å². The topological polar surface area (TPSA) is 82.8 Å². The first-order valence-corrected chi connectivity index (χ1v) is 5.08. The smallest absolute Gasteiger partial charge is 0.267 e. The van der Waals surface area contributed by atoms with Crippen LogP contribution in [0.2, 0.25) is 0 Å². The molecular formula is C10H15N5O. The molecule has 0 aliphatic carbocycles. The Labute approximate surface area is 93.9 Å². The third kappa shape index (κ3) is 3.03. The van der Waals surface area contributed by atoms with Crippen molar-refractivity contribution in [3.05, 3.63) is 34.0 Å². The molecule has 1 aromatic heterocycles. The molecule has 0 atom stereocenters. The molecule has 0 aromatic carbocycles. The Bertz CT molecular complexity index is 417. The first-order valence-electron chi connectivity index (χ1n) is 5.08. The lowest BCUT2D eigenvalue weighted by molar-refractivity contribution is 0.0945. The normalized spacial score (nSPS) is 9.62. The molecule has 0 aliphatic heterocycles. The van der Waals surface area contributed by atoms with Gasteiger partial charge in [-0.25, -0.2) is 0 Å². The second kappa shape index (κ2) is 5.82. The van der Waals surface area contributed by atoms with Gasteiger partial charge in [0.05, 0.1) is 0 Å². The van der Waals surface area contributed by atoms with Crippen LogP contribution in [0.25, 0.3) is 10.4 Å². The Morgan fingerprint density at radius 3 is 2.94 bits per heavy atom. The lowest BCUT2D eigenvalue weighted by atomic mass is 10.3. The van der Waals surface area contributed by atoms with Crippen molar-refractivity contribution < 1.29 is 4.79 Å². The van der Waals surface area contributed by atoms with E-state index in [1.165, 1.54) is 0 Å². The molecule has 0 radical (unpaired) electrons. The van der Waals surface area contributed by atoms with Crippen LogP contribution in [0.4, 0.5) is 0 Å². The van der Waals surface area contributed by atoms with Crippen LogP contribution in [0.15, 0.2) is 17.2 Å². The van der Waals surface area contributed by atoms with E-state index < -0.39 is 0 Å². The van der Waals surface area contributed by atoms with Crippen molar-refractivity contribution >= 4 is 5.91 Å². The summed E-state index contributed by atoms with van der Waals surface area (Å²) in [4.78, 5) is 14.3. The second-order valence-electron chi connectivity index (χ2n) is 3.48. The van der Waals surface area contributed by atoms with Gasteiger partial charge in [0.2, 0.25) is 0 Å². The summed E-state index contributed by atoms with van der Waals surface area (Å²) in [6.07, 6.45) is 0.652. The number of nitrogens with one attached hydrogen (secondary N) is 1. The molecule has 0 saturated carbocycles. The van der Waals surface area contributed by atoms with E-state index in [0.29, 0.717) is 25.2 Å². The van der Waals surface area contributed by atoms with Crippen molar-refractivity contribution in [1.82, 2.24) is 9.88 Å².